The van der Waals surface area contributed by atoms with E-state index in [1.54, 1.807) is 12.1 Å². The molecular weight excluding hydrogens is 632 g/mol. The highest BCUT2D eigenvalue weighted by Gasteiger charge is 2.49. The Balaban J connectivity index is 1.23. The molecule has 254 valence electrons. The van der Waals surface area contributed by atoms with Gasteiger partial charge in [-0.05, 0) is 43.8 Å². The SMILES string of the molecule is CN1CCN(C2(COc3nc4c(c(N5CCN(C(=O)O)C(CC#N)C5)n3)CCN(c3cc(S(C)(=O)=O)cc5ccccc35)C4)CC2)CC1. The molecule has 13 nitrogen and oxygen atoms in total. The summed E-state index contributed by atoms with van der Waals surface area (Å²) >= 11 is 0. The number of likely N-dealkylation sites (N-methyl/N-ethyl adjacent to an activating group) is 1. The molecule has 2 aromatic carbocycles. The summed E-state index contributed by atoms with van der Waals surface area (Å²) < 4.78 is 31.8. The highest BCUT2D eigenvalue weighted by atomic mass is 32.2. The lowest BCUT2D eigenvalue weighted by molar-refractivity contribution is 0.0650. The number of ether oxygens (including phenoxy) is 1. The van der Waals surface area contributed by atoms with Crippen LogP contribution in [0.2, 0.25) is 0 Å². The quantitative estimate of drug-likeness (QED) is 0.375. The normalized spacial score (nSPS) is 21.5. The molecule has 1 unspecified atom stereocenters. The van der Waals surface area contributed by atoms with Gasteiger partial charge in [-0.2, -0.15) is 15.2 Å². The Kier molecular flexibility index (Phi) is 8.55. The van der Waals surface area contributed by atoms with Crippen LogP contribution in [0.1, 0.15) is 30.5 Å². The minimum atomic E-state index is -3.45. The van der Waals surface area contributed by atoms with Crippen LogP contribution in [0.5, 0.6) is 6.01 Å². The Morgan fingerprint density at radius 3 is 2.54 bits per heavy atom. The third kappa shape index (κ3) is 6.34. The van der Waals surface area contributed by atoms with Crippen molar-refractivity contribution >= 4 is 38.2 Å². The summed E-state index contributed by atoms with van der Waals surface area (Å²) in [5.41, 5.74) is 2.60. The smallest absolute Gasteiger partial charge is 0.407 e. The second-order valence-corrected chi connectivity index (χ2v) is 15.6. The molecule has 3 aromatic rings. The molecule has 1 saturated carbocycles. The largest absolute Gasteiger partial charge is 0.465 e. The van der Waals surface area contributed by atoms with Crippen molar-refractivity contribution in [3.63, 3.8) is 0 Å². The average molecular weight is 675 g/mol. The Morgan fingerprint density at radius 2 is 1.83 bits per heavy atom. The predicted octanol–water partition coefficient (Wildman–Crippen LogP) is 2.84. The van der Waals surface area contributed by atoms with Crippen molar-refractivity contribution in [2.45, 2.75) is 48.7 Å². The minimum Gasteiger partial charge on any atom is -0.465 e. The Morgan fingerprint density at radius 1 is 1.06 bits per heavy atom. The molecule has 1 atom stereocenters. The third-order valence-corrected chi connectivity index (χ3v) is 11.5. The number of nitrogens with zero attached hydrogens (tertiary/aromatic N) is 8. The first-order chi connectivity index (χ1) is 23.0. The summed E-state index contributed by atoms with van der Waals surface area (Å²) in [6, 6.07) is 13.3. The number of carbonyl (C=O) groups is 1. The molecule has 14 heteroatoms. The van der Waals surface area contributed by atoms with Gasteiger partial charge in [0.05, 0.1) is 41.2 Å². The topological polar surface area (TPSA) is 146 Å². The minimum absolute atomic E-state index is 0.0112. The van der Waals surface area contributed by atoms with E-state index in [0.717, 1.165) is 72.6 Å². The second-order valence-electron chi connectivity index (χ2n) is 13.6. The van der Waals surface area contributed by atoms with Crippen LogP contribution in [0.4, 0.5) is 16.3 Å². The van der Waals surface area contributed by atoms with Crippen molar-refractivity contribution in [2.24, 2.45) is 0 Å². The van der Waals surface area contributed by atoms with Crippen LogP contribution in [-0.2, 0) is 22.8 Å². The van der Waals surface area contributed by atoms with E-state index in [-0.39, 0.29) is 23.4 Å². The number of anilines is 2. The van der Waals surface area contributed by atoms with Gasteiger partial charge in [-0.3, -0.25) is 4.90 Å². The van der Waals surface area contributed by atoms with E-state index in [9.17, 15) is 23.6 Å². The van der Waals surface area contributed by atoms with E-state index in [1.807, 2.05) is 24.3 Å². The van der Waals surface area contributed by atoms with E-state index in [4.69, 9.17) is 14.7 Å². The van der Waals surface area contributed by atoms with Crippen LogP contribution >= 0.6 is 0 Å². The highest BCUT2D eigenvalue weighted by Crippen LogP contribution is 2.43. The summed E-state index contributed by atoms with van der Waals surface area (Å²) in [7, 11) is -1.30. The van der Waals surface area contributed by atoms with Gasteiger partial charge in [0, 0.05) is 75.3 Å². The predicted molar refractivity (Wildman–Crippen MR) is 181 cm³/mol. The molecule has 2 saturated heterocycles. The Labute approximate surface area is 281 Å². The van der Waals surface area contributed by atoms with Gasteiger partial charge >= 0.3 is 12.1 Å². The van der Waals surface area contributed by atoms with E-state index < -0.39 is 22.0 Å². The van der Waals surface area contributed by atoms with E-state index >= 15 is 0 Å². The van der Waals surface area contributed by atoms with Gasteiger partial charge < -0.3 is 29.4 Å². The molecule has 3 aliphatic heterocycles. The van der Waals surface area contributed by atoms with E-state index in [1.165, 1.54) is 11.2 Å². The molecule has 1 N–H and O–H groups in total. The van der Waals surface area contributed by atoms with Gasteiger partial charge in [0.1, 0.15) is 12.4 Å². The first-order valence-corrected chi connectivity index (χ1v) is 18.5. The fourth-order valence-electron chi connectivity index (χ4n) is 7.41. The van der Waals surface area contributed by atoms with Crippen molar-refractivity contribution in [3.05, 3.63) is 47.7 Å². The maximum Gasteiger partial charge on any atom is 0.407 e. The molecule has 4 heterocycles. The molecule has 48 heavy (non-hydrogen) atoms. The van der Waals surface area contributed by atoms with Gasteiger partial charge in [-0.15, -0.1) is 0 Å². The number of benzene rings is 2. The molecule has 0 bridgehead atoms. The lowest BCUT2D eigenvalue weighted by Gasteiger charge is -2.41. The van der Waals surface area contributed by atoms with Crippen LogP contribution in [-0.4, -0.2) is 128 Å². The number of hydrogen-bond acceptors (Lipinski definition) is 11. The lowest BCUT2D eigenvalue weighted by Crippen LogP contribution is -2.55. The van der Waals surface area contributed by atoms with Crippen molar-refractivity contribution in [1.82, 2.24) is 24.7 Å². The number of fused-ring (bicyclic) bond motifs is 2. The zero-order valence-electron chi connectivity index (χ0n) is 27.5. The number of sulfone groups is 1. The van der Waals surface area contributed by atoms with Crippen LogP contribution in [0, 0.1) is 11.3 Å². The second kappa shape index (κ2) is 12.7. The van der Waals surface area contributed by atoms with Crippen molar-refractivity contribution in [1.29, 1.82) is 5.26 Å². The number of rotatable bonds is 8. The molecule has 0 spiro atoms. The monoisotopic (exact) mass is 674 g/mol. The van der Waals surface area contributed by atoms with Gasteiger partial charge in [0.15, 0.2) is 9.84 Å². The van der Waals surface area contributed by atoms with Crippen molar-refractivity contribution in [2.75, 3.05) is 82.1 Å². The number of hydrogen-bond donors (Lipinski definition) is 1. The zero-order valence-corrected chi connectivity index (χ0v) is 28.3. The van der Waals surface area contributed by atoms with Crippen molar-refractivity contribution in [3.8, 4) is 12.1 Å². The molecule has 0 radical (unpaired) electrons. The van der Waals surface area contributed by atoms with E-state index in [0.29, 0.717) is 45.2 Å². The van der Waals surface area contributed by atoms with Gasteiger partial charge in [-0.25, -0.2) is 13.2 Å². The highest BCUT2D eigenvalue weighted by molar-refractivity contribution is 7.90. The Bertz CT molecular complexity index is 1870. The lowest BCUT2D eigenvalue weighted by atomic mass is 10.0. The molecule has 7 rings (SSSR count). The first kappa shape index (κ1) is 32.4. The van der Waals surface area contributed by atoms with Crippen LogP contribution in [0.25, 0.3) is 10.8 Å². The summed E-state index contributed by atoms with van der Waals surface area (Å²) in [5.74, 6) is 0.724. The van der Waals surface area contributed by atoms with Crippen LogP contribution in [0.3, 0.4) is 0 Å². The summed E-state index contributed by atoms with van der Waals surface area (Å²) in [5, 5.41) is 21.1. The first-order valence-electron chi connectivity index (χ1n) is 16.6. The zero-order chi connectivity index (χ0) is 33.6. The molecule has 3 fully saturated rings. The molecule has 1 amide bonds. The van der Waals surface area contributed by atoms with E-state index in [2.05, 4.69) is 32.7 Å². The van der Waals surface area contributed by atoms with Crippen molar-refractivity contribution < 1.29 is 23.1 Å². The van der Waals surface area contributed by atoms with Crippen LogP contribution < -0.4 is 14.5 Å². The number of aromatic nitrogens is 2. The molecule has 1 aliphatic carbocycles. The molecule has 1 aromatic heterocycles. The average Bonchev–Trinajstić information content (AvgIpc) is 3.87. The summed E-state index contributed by atoms with van der Waals surface area (Å²) in [4.78, 5) is 32.7. The summed E-state index contributed by atoms with van der Waals surface area (Å²) in [6.45, 7) is 6.63. The van der Waals surface area contributed by atoms with Gasteiger partial charge in [-0.1, -0.05) is 24.3 Å². The third-order valence-electron chi connectivity index (χ3n) is 10.4. The maximum absolute atomic E-state index is 12.7. The molecular formula is C34H42N8O5S. The van der Waals surface area contributed by atoms with Crippen LogP contribution in [0.15, 0.2) is 41.3 Å². The fraction of sp³-hybridized carbons (Fsp3) is 0.529. The number of carboxylic acid groups (broad SMARTS) is 1. The Hall–Kier alpha value is -4.19. The number of amides is 1. The number of piperazine rings is 2. The van der Waals surface area contributed by atoms with Gasteiger partial charge in [0.25, 0.3) is 0 Å². The summed E-state index contributed by atoms with van der Waals surface area (Å²) in [6.07, 6.45) is 3.04. The van der Waals surface area contributed by atoms with Gasteiger partial charge in [0.2, 0.25) is 0 Å². The maximum atomic E-state index is 12.7. The fourth-order valence-corrected chi connectivity index (χ4v) is 8.08. The molecule has 4 aliphatic rings. The standard InChI is InChI=1S/C34H42N8O5S/c1-38-13-16-41(17-14-38)34(9-10-34)23-47-32-36-29-22-39(30-20-26(48(2,45)46)19-24-5-3-4-6-27(24)30)12-8-28(29)31(37-32)40-15-18-42(33(43)44)25(21-40)7-11-35/h3-6,19-20,25H,7-10,12-18,21-23H2,1-2H3,(H,43,44). The number of nitriles is 1.